The molecule has 0 aromatic carbocycles. The molecule has 0 aliphatic carbocycles. The van der Waals surface area contributed by atoms with Crippen LogP contribution in [0.2, 0.25) is 0 Å². The summed E-state index contributed by atoms with van der Waals surface area (Å²) in [6.45, 7) is 1.48. The number of hydrogen-bond donors (Lipinski definition) is 1. The first kappa shape index (κ1) is 8.32. The van der Waals surface area contributed by atoms with Crippen molar-refractivity contribution in [1.82, 2.24) is 0 Å². The molecule has 0 aromatic rings. The van der Waals surface area contributed by atoms with Crippen molar-refractivity contribution in [1.29, 1.82) is 0 Å². The zero-order valence-electron chi connectivity index (χ0n) is 4.73. The standard InChI is InChI=1S/C4H6O4S/c1-2-3-4(5)9(6,7)8/h2-3H,1H3,(H,6,7,8). The second-order valence-corrected chi connectivity index (χ2v) is 2.65. The Kier molecular flexibility index (Phi) is 2.54. The van der Waals surface area contributed by atoms with Gasteiger partial charge in [-0.15, -0.1) is 0 Å². The zero-order chi connectivity index (χ0) is 7.49. The van der Waals surface area contributed by atoms with Gasteiger partial charge in [-0.05, 0) is 13.0 Å². The molecule has 0 heterocycles. The molecule has 9 heavy (non-hydrogen) atoms. The summed E-state index contributed by atoms with van der Waals surface area (Å²) in [6, 6.07) is 0. The van der Waals surface area contributed by atoms with E-state index in [1.54, 1.807) is 0 Å². The summed E-state index contributed by atoms with van der Waals surface area (Å²) in [7, 11) is -4.49. The van der Waals surface area contributed by atoms with Crippen molar-refractivity contribution in [3.8, 4) is 0 Å². The van der Waals surface area contributed by atoms with Gasteiger partial charge in [-0.2, -0.15) is 8.42 Å². The summed E-state index contributed by atoms with van der Waals surface area (Å²) in [5.41, 5.74) is 0. The van der Waals surface area contributed by atoms with Crippen molar-refractivity contribution >= 4 is 15.2 Å². The van der Waals surface area contributed by atoms with Crippen molar-refractivity contribution in [3.63, 3.8) is 0 Å². The molecule has 0 saturated heterocycles. The first-order chi connectivity index (χ1) is 3.98. The minimum Gasteiger partial charge on any atom is -0.279 e. The lowest BCUT2D eigenvalue weighted by atomic mass is 10.6. The van der Waals surface area contributed by atoms with Crippen LogP contribution < -0.4 is 0 Å². The van der Waals surface area contributed by atoms with E-state index in [0.717, 1.165) is 6.08 Å². The lowest BCUT2D eigenvalue weighted by Gasteiger charge is -1.83. The second-order valence-electron chi connectivity index (χ2n) is 1.29. The van der Waals surface area contributed by atoms with Crippen LogP contribution >= 0.6 is 0 Å². The SMILES string of the molecule is CC=CC(=O)S(=O)(=O)O. The van der Waals surface area contributed by atoms with Gasteiger partial charge in [0.1, 0.15) is 0 Å². The van der Waals surface area contributed by atoms with Gasteiger partial charge in [0.2, 0.25) is 0 Å². The predicted molar refractivity (Wildman–Crippen MR) is 31.4 cm³/mol. The van der Waals surface area contributed by atoms with Gasteiger partial charge in [0.15, 0.2) is 0 Å². The summed E-state index contributed by atoms with van der Waals surface area (Å²) in [5.74, 6) is 0. The van der Waals surface area contributed by atoms with E-state index < -0.39 is 15.2 Å². The van der Waals surface area contributed by atoms with Gasteiger partial charge in [-0.1, -0.05) is 6.08 Å². The molecule has 0 aliphatic rings. The number of hydrogen-bond acceptors (Lipinski definition) is 3. The quantitative estimate of drug-likeness (QED) is 0.421. The third-order valence-corrected chi connectivity index (χ3v) is 1.20. The van der Waals surface area contributed by atoms with E-state index >= 15 is 0 Å². The maximum atomic E-state index is 10.1. The molecule has 0 saturated carbocycles. The van der Waals surface area contributed by atoms with E-state index in [4.69, 9.17) is 4.55 Å². The molecule has 0 atom stereocenters. The van der Waals surface area contributed by atoms with Crippen LogP contribution in [0.15, 0.2) is 12.2 Å². The maximum absolute atomic E-state index is 10.1. The summed E-state index contributed by atoms with van der Waals surface area (Å²) in [5, 5.41) is -1.29. The molecule has 0 fully saturated rings. The Morgan fingerprint density at radius 2 is 2.00 bits per heavy atom. The fourth-order valence-corrected chi connectivity index (χ4v) is 0.530. The first-order valence-corrected chi connectivity index (χ1v) is 3.56. The topological polar surface area (TPSA) is 71.4 Å². The molecule has 52 valence electrons. The third-order valence-electron chi connectivity index (χ3n) is 0.557. The normalized spacial score (nSPS) is 12.2. The highest BCUT2D eigenvalue weighted by atomic mass is 32.2. The molecule has 0 aliphatic heterocycles. The van der Waals surface area contributed by atoms with E-state index in [1.165, 1.54) is 13.0 Å². The largest absolute Gasteiger partial charge is 0.332 e. The van der Waals surface area contributed by atoms with Crippen LogP contribution in [0.25, 0.3) is 0 Å². The lowest BCUT2D eigenvalue weighted by molar-refractivity contribution is -0.108. The van der Waals surface area contributed by atoms with Crippen LogP contribution in [-0.2, 0) is 14.9 Å². The molecular formula is C4H6O4S. The van der Waals surface area contributed by atoms with Crippen molar-refractivity contribution in [2.75, 3.05) is 0 Å². The smallest absolute Gasteiger partial charge is 0.279 e. The minimum atomic E-state index is -4.49. The second kappa shape index (κ2) is 2.75. The Hall–Kier alpha value is -0.680. The summed E-state index contributed by atoms with van der Waals surface area (Å²) >= 11 is 0. The monoisotopic (exact) mass is 150 g/mol. The number of rotatable bonds is 1. The molecule has 0 aromatic heterocycles. The predicted octanol–water partition coefficient (Wildman–Crippen LogP) is -0.0231. The molecule has 1 N–H and O–H groups in total. The highest BCUT2D eigenvalue weighted by Crippen LogP contribution is 1.86. The first-order valence-electron chi connectivity index (χ1n) is 2.12. The minimum absolute atomic E-state index is 0.773. The van der Waals surface area contributed by atoms with Gasteiger partial charge in [-0.25, -0.2) is 0 Å². The highest BCUT2D eigenvalue weighted by molar-refractivity contribution is 8.01. The highest BCUT2D eigenvalue weighted by Gasteiger charge is 2.12. The van der Waals surface area contributed by atoms with Crippen LogP contribution in [0.3, 0.4) is 0 Å². The van der Waals surface area contributed by atoms with Crippen molar-refractivity contribution in [3.05, 3.63) is 12.2 Å². The number of carbonyl (C=O) groups is 1. The zero-order valence-corrected chi connectivity index (χ0v) is 5.55. The van der Waals surface area contributed by atoms with E-state index in [-0.39, 0.29) is 0 Å². The van der Waals surface area contributed by atoms with Gasteiger partial charge in [0.25, 0.3) is 5.12 Å². The molecule has 0 rings (SSSR count). The Morgan fingerprint density at radius 3 is 2.11 bits per heavy atom. The third kappa shape index (κ3) is 2.99. The van der Waals surface area contributed by atoms with Crippen molar-refractivity contribution < 1.29 is 17.8 Å². The van der Waals surface area contributed by atoms with Gasteiger partial charge < -0.3 is 0 Å². The Labute approximate surface area is 52.9 Å². The molecule has 0 bridgehead atoms. The van der Waals surface area contributed by atoms with Crippen LogP contribution in [0, 0.1) is 0 Å². The molecule has 0 radical (unpaired) electrons. The fourth-order valence-electron chi connectivity index (χ4n) is 0.222. The van der Waals surface area contributed by atoms with Gasteiger partial charge >= 0.3 is 10.1 Å². The Morgan fingerprint density at radius 1 is 1.56 bits per heavy atom. The average Bonchev–Trinajstić information content (AvgIpc) is 1.64. The molecule has 0 unspecified atom stereocenters. The van der Waals surface area contributed by atoms with Gasteiger partial charge in [-0.3, -0.25) is 9.35 Å². The Bertz CT molecular complexity index is 223. The van der Waals surface area contributed by atoms with Crippen molar-refractivity contribution in [2.45, 2.75) is 6.92 Å². The summed E-state index contributed by atoms with van der Waals surface area (Å²) in [6.07, 6.45) is 2.01. The van der Waals surface area contributed by atoms with E-state index in [1.807, 2.05) is 0 Å². The lowest BCUT2D eigenvalue weighted by Crippen LogP contribution is -2.09. The molecule has 0 amide bonds. The van der Waals surface area contributed by atoms with E-state index in [0.29, 0.717) is 0 Å². The molecule has 5 heteroatoms. The van der Waals surface area contributed by atoms with Gasteiger partial charge in [0, 0.05) is 0 Å². The maximum Gasteiger partial charge on any atom is 0.332 e. The van der Waals surface area contributed by atoms with Crippen LogP contribution in [-0.4, -0.2) is 18.1 Å². The van der Waals surface area contributed by atoms with Crippen LogP contribution in [0.1, 0.15) is 6.92 Å². The van der Waals surface area contributed by atoms with E-state index in [2.05, 4.69) is 0 Å². The van der Waals surface area contributed by atoms with E-state index in [9.17, 15) is 13.2 Å². The molecular weight excluding hydrogens is 144 g/mol. The number of allylic oxidation sites excluding steroid dienone is 1. The van der Waals surface area contributed by atoms with Crippen LogP contribution in [0.5, 0.6) is 0 Å². The Balaban J connectivity index is 4.45. The number of carbonyl (C=O) groups excluding carboxylic acids is 1. The molecule has 0 spiro atoms. The fraction of sp³-hybridized carbons (Fsp3) is 0.250. The van der Waals surface area contributed by atoms with Gasteiger partial charge in [0.05, 0.1) is 0 Å². The summed E-state index contributed by atoms with van der Waals surface area (Å²) < 4.78 is 27.7. The molecule has 4 nitrogen and oxygen atoms in total. The van der Waals surface area contributed by atoms with Crippen LogP contribution in [0.4, 0.5) is 0 Å². The van der Waals surface area contributed by atoms with Crippen molar-refractivity contribution in [2.24, 2.45) is 0 Å². The average molecular weight is 150 g/mol. The summed E-state index contributed by atoms with van der Waals surface area (Å²) in [4.78, 5) is 10.1.